The molecule has 2 N–H and O–H groups in total. The van der Waals surface area contributed by atoms with Crippen molar-refractivity contribution >= 4 is 23.5 Å². The summed E-state index contributed by atoms with van der Waals surface area (Å²) in [7, 11) is 4.63. The molecule has 0 aliphatic carbocycles. The van der Waals surface area contributed by atoms with Crippen LogP contribution in [-0.2, 0) is 0 Å². The molecule has 7 nitrogen and oxygen atoms in total. The Morgan fingerprint density at radius 1 is 1.00 bits per heavy atom. The zero-order valence-electron chi connectivity index (χ0n) is 15.6. The van der Waals surface area contributed by atoms with Gasteiger partial charge in [-0.2, -0.15) is 0 Å². The van der Waals surface area contributed by atoms with Crippen LogP contribution in [0.4, 0.5) is 4.79 Å². The highest BCUT2D eigenvalue weighted by molar-refractivity contribution is 6.30. The lowest BCUT2D eigenvalue weighted by molar-refractivity contribution is 0.0928. The van der Waals surface area contributed by atoms with Crippen LogP contribution in [-0.4, -0.2) is 38.1 Å². The number of urea groups is 1. The maximum absolute atomic E-state index is 12.3. The van der Waals surface area contributed by atoms with Gasteiger partial charge in [0.15, 0.2) is 11.5 Å². The minimum absolute atomic E-state index is 0.208. The zero-order chi connectivity index (χ0) is 20.0. The molecule has 0 aliphatic rings. The average molecular weight is 392 g/mol. The summed E-state index contributed by atoms with van der Waals surface area (Å²) in [4.78, 5) is 26.0. The highest BCUT2D eigenvalue weighted by Crippen LogP contribution is 2.27. The molecular formula is C19H22ClN3O4. The van der Waals surface area contributed by atoms with E-state index < -0.39 is 11.9 Å². The molecule has 0 heterocycles. The van der Waals surface area contributed by atoms with Crippen molar-refractivity contribution in [1.29, 1.82) is 0 Å². The molecule has 3 amide bonds. The Labute approximate surface area is 163 Å². The Morgan fingerprint density at radius 2 is 1.63 bits per heavy atom. The number of rotatable bonds is 5. The Morgan fingerprint density at radius 3 is 2.22 bits per heavy atom. The van der Waals surface area contributed by atoms with Crippen molar-refractivity contribution in [2.24, 2.45) is 0 Å². The smallest absolute Gasteiger partial charge is 0.336 e. The lowest BCUT2D eigenvalue weighted by Gasteiger charge is -2.25. The number of ether oxygens (including phenoxy) is 2. The third-order valence-electron chi connectivity index (χ3n) is 4.18. The van der Waals surface area contributed by atoms with Crippen LogP contribution in [0.5, 0.6) is 11.5 Å². The third-order valence-corrected chi connectivity index (χ3v) is 4.43. The summed E-state index contributed by atoms with van der Waals surface area (Å²) in [5.74, 6) is 0.455. The van der Waals surface area contributed by atoms with Gasteiger partial charge in [-0.3, -0.25) is 10.2 Å². The third kappa shape index (κ3) is 5.04. The summed E-state index contributed by atoms with van der Waals surface area (Å²) in [5.41, 5.74) is 6.02. The van der Waals surface area contributed by atoms with E-state index in [0.717, 1.165) is 5.56 Å². The first-order chi connectivity index (χ1) is 12.9. The summed E-state index contributed by atoms with van der Waals surface area (Å²) < 4.78 is 10.3. The van der Waals surface area contributed by atoms with Crippen molar-refractivity contribution in [2.75, 3.05) is 21.3 Å². The van der Waals surface area contributed by atoms with Crippen LogP contribution in [0, 0.1) is 0 Å². The van der Waals surface area contributed by atoms with Gasteiger partial charge in [0.1, 0.15) is 0 Å². The monoisotopic (exact) mass is 391 g/mol. The van der Waals surface area contributed by atoms with Crippen molar-refractivity contribution in [3.8, 4) is 11.5 Å². The number of carbonyl (C=O) groups is 2. The molecule has 2 aromatic carbocycles. The molecule has 0 spiro atoms. The van der Waals surface area contributed by atoms with E-state index in [4.69, 9.17) is 21.1 Å². The highest BCUT2D eigenvalue weighted by atomic mass is 35.5. The first-order valence-electron chi connectivity index (χ1n) is 8.18. The number of hydrogen-bond donors (Lipinski definition) is 2. The van der Waals surface area contributed by atoms with Crippen LogP contribution in [0.25, 0.3) is 0 Å². The van der Waals surface area contributed by atoms with Crippen LogP contribution in [0.15, 0.2) is 42.5 Å². The predicted molar refractivity (Wildman–Crippen MR) is 103 cm³/mol. The molecule has 27 heavy (non-hydrogen) atoms. The van der Waals surface area contributed by atoms with Gasteiger partial charge in [0, 0.05) is 17.6 Å². The normalized spacial score (nSPS) is 11.3. The van der Waals surface area contributed by atoms with Gasteiger partial charge < -0.3 is 14.4 Å². The zero-order valence-corrected chi connectivity index (χ0v) is 16.3. The number of nitrogens with zero attached hydrogens (tertiary/aromatic N) is 1. The molecule has 0 fully saturated rings. The maximum Gasteiger partial charge on any atom is 0.336 e. The summed E-state index contributed by atoms with van der Waals surface area (Å²) in [6.07, 6.45) is 0. The van der Waals surface area contributed by atoms with E-state index in [0.29, 0.717) is 22.1 Å². The molecule has 2 rings (SSSR count). The molecule has 0 bridgehead atoms. The Balaban J connectivity index is 1.97. The van der Waals surface area contributed by atoms with Crippen molar-refractivity contribution in [3.63, 3.8) is 0 Å². The van der Waals surface area contributed by atoms with Gasteiger partial charge in [0.2, 0.25) is 0 Å². The van der Waals surface area contributed by atoms with Gasteiger partial charge in [0.25, 0.3) is 5.91 Å². The minimum Gasteiger partial charge on any atom is -0.493 e. The molecule has 8 heteroatoms. The molecule has 0 saturated carbocycles. The molecule has 0 saturated heterocycles. The molecule has 0 aromatic heterocycles. The van der Waals surface area contributed by atoms with E-state index in [2.05, 4.69) is 10.9 Å². The first kappa shape index (κ1) is 20.4. The summed E-state index contributed by atoms with van der Waals surface area (Å²) in [5, 5.41) is 0.625. The fraction of sp³-hybridized carbons (Fsp3) is 0.263. The Bertz CT molecular complexity index is 811. The number of carbonyl (C=O) groups excluding carboxylic acids is 2. The van der Waals surface area contributed by atoms with E-state index in [1.165, 1.54) is 25.2 Å². The van der Waals surface area contributed by atoms with Crippen LogP contribution in [0.2, 0.25) is 5.02 Å². The second-order valence-electron chi connectivity index (χ2n) is 5.79. The van der Waals surface area contributed by atoms with E-state index in [9.17, 15) is 9.59 Å². The number of hydrogen-bond acceptors (Lipinski definition) is 4. The lowest BCUT2D eigenvalue weighted by Crippen LogP contribution is -2.48. The number of nitrogens with one attached hydrogen (secondary N) is 2. The maximum atomic E-state index is 12.3. The van der Waals surface area contributed by atoms with Crippen molar-refractivity contribution in [1.82, 2.24) is 15.8 Å². The molecule has 0 unspecified atom stereocenters. The van der Waals surface area contributed by atoms with Crippen LogP contribution < -0.4 is 20.3 Å². The van der Waals surface area contributed by atoms with E-state index >= 15 is 0 Å². The first-order valence-corrected chi connectivity index (χ1v) is 8.55. The highest BCUT2D eigenvalue weighted by Gasteiger charge is 2.18. The molecule has 144 valence electrons. The molecule has 1 atom stereocenters. The Hall–Kier alpha value is -2.93. The molecule has 0 radical (unpaired) electrons. The van der Waals surface area contributed by atoms with E-state index in [-0.39, 0.29) is 6.04 Å². The van der Waals surface area contributed by atoms with Crippen LogP contribution >= 0.6 is 11.6 Å². The quantitative estimate of drug-likeness (QED) is 0.765. The minimum atomic E-state index is -0.475. The SMILES string of the molecule is COc1ccc(C(=O)NNC(=O)N(C)[C@@H](C)c2ccc(Cl)cc2)cc1OC. The lowest BCUT2D eigenvalue weighted by atomic mass is 10.1. The molecular weight excluding hydrogens is 370 g/mol. The van der Waals surface area contributed by atoms with Gasteiger partial charge in [-0.15, -0.1) is 0 Å². The second-order valence-corrected chi connectivity index (χ2v) is 6.23. The number of benzene rings is 2. The van der Waals surface area contributed by atoms with Gasteiger partial charge in [-0.25, -0.2) is 10.2 Å². The van der Waals surface area contributed by atoms with Crippen molar-refractivity contribution in [3.05, 3.63) is 58.6 Å². The largest absolute Gasteiger partial charge is 0.493 e. The van der Waals surface area contributed by atoms with Gasteiger partial charge in [-0.1, -0.05) is 23.7 Å². The fourth-order valence-electron chi connectivity index (χ4n) is 2.39. The number of hydrazine groups is 1. The average Bonchev–Trinajstić information content (AvgIpc) is 2.70. The number of methoxy groups -OCH3 is 2. The van der Waals surface area contributed by atoms with Crippen molar-refractivity contribution in [2.45, 2.75) is 13.0 Å². The number of halogens is 1. The van der Waals surface area contributed by atoms with E-state index in [1.807, 2.05) is 19.1 Å². The summed E-state index contributed by atoms with van der Waals surface area (Å²) in [6, 6.07) is 11.3. The standard InChI is InChI=1S/C19H22ClN3O4/c1-12(13-5-8-15(20)9-6-13)23(2)19(25)22-21-18(24)14-7-10-16(26-3)17(11-14)27-4/h5-12H,1-4H3,(H,21,24)(H,22,25)/t12-/m0/s1. The molecule has 0 aliphatic heterocycles. The van der Waals surface area contributed by atoms with Crippen LogP contribution in [0.3, 0.4) is 0 Å². The van der Waals surface area contributed by atoms with E-state index in [1.54, 1.807) is 31.3 Å². The fourth-order valence-corrected chi connectivity index (χ4v) is 2.51. The second kappa shape index (κ2) is 9.14. The number of amides is 3. The van der Waals surface area contributed by atoms with Crippen LogP contribution in [0.1, 0.15) is 28.9 Å². The molecule has 2 aromatic rings. The predicted octanol–water partition coefficient (Wildman–Crippen LogP) is 3.40. The van der Waals surface area contributed by atoms with Gasteiger partial charge in [-0.05, 0) is 42.8 Å². The van der Waals surface area contributed by atoms with Crippen molar-refractivity contribution < 1.29 is 19.1 Å². The summed E-state index contributed by atoms with van der Waals surface area (Å²) >= 11 is 5.88. The topological polar surface area (TPSA) is 79.9 Å². The van der Waals surface area contributed by atoms with Gasteiger partial charge in [0.05, 0.1) is 20.3 Å². The van der Waals surface area contributed by atoms with Gasteiger partial charge >= 0.3 is 6.03 Å². The Kier molecular flexibility index (Phi) is 6.90. The summed E-state index contributed by atoms with van der Waals surface area (Å²) in [6.45, 7) is 1.87.